The quantitative estimate of drug-likeness (QED) is 0.414. The highest BCUT2D eigenvalue weighted by Crippen LogP contribution is 2.47. The highest BCUT2D eigenvalue weighted by molar-refractivity contribution is 7.92. The van der Waals surface area contributed by atoms with Crippen LogP contribution < -0.4 is 14.4 Å². The Kier molecular flexibility index (Phi) is 9.53. The van der Waals surface area contributed by atoms with E-state index in [1.54, 1.807) is 20.3 Å². The Morgan fingerprint density at radius 3 is 2.69 bits per heavy atom. The number of rotatable bonds is 3. The van der Waals surface area contributed by atoms with E-state index in [1.807, 2.05) is 19.1 Å². The standard InChI is InChI=1S/C38H50N4O6S/c1-25-10-14-32-27(17-25)8-6-16-38(32)23-42-19-29-11-13-31(29)34(47-4)9-5-7-26(2)22-49(45,40-37(44)41-20-30(21-41)46-3)39-36(43)28-12-15-35(48-24-38)33(42)18-28/h5,9-10,12,14-15,17-18,26,29-31,34H,6-8,11,13,16,19-24H2,1-4H3,(H,39,40,43,44,45)/b9-5+/t26-,29-,31+,34-,38-,49?/m0/s1. The summed E-state index contributed by atoms with van der Waals surface area (Å²) in [6.45, 7) is 7.06. The first-order chi connectivity index (χ1) is 23.6. The van der Waals surface area contributed by atoms with E-state index in [0.717, 1.165) is 56.6 Å². The summed E-state index contributed by atoms with van der Waals surface area (Å²) in [5.74, 6) is 0.842. The minimum absolute atomic E-state index is 0.0318. The SMILES string of the molecule is COC1CN(C(=O)NS2(=O)=NC(=O)c3ccc4c(c3)N(C[C@@H]3CC[C@H]3[C@@H](OC)/C=C/C[C@H](C)C2)C[C@@]2(CCCc3cc(C)ccc32)CO4)C1. The molecule has 1 spiro atoms. The van der Waals surface area contributed by atoms with E-state index in [4.69, 9.17) is 14.2 Å². The van der Waals surface area contributed by atoms with Crippen LogP contribution in [0.25, 0.3) is 0 Å². The van der Waals surface area contributed by atoms with Crippen molar-refractivity contribution in [2.75, 3.05) is 57.7 Å². The van der Waals surface area contributed by atoms with Gasteiger partial charge in [0.05, 0.1) is 43.3 Å². The lowest BCUT2D eigenvalue weighted by molar-refractivity contribution is -0.00645. The Balaban J connectivity index is 1.28. The van der Waals surface area contributed by atoms with Gasteiger partial charge in [0.2, 0.25) is 0 Å². The molecule has 2 aromatic rings. The molecular weight excluding hydrogens is 641 g/mol. The number of hydrogen-bond donors (Lipinski definition) is 1. The minimum Gasteiger partial charge on any atom is -0.490 e. The first kappa shape index (κ1) is 34.1. The summed E-state index contributed by atoms with van der Waals surface area (Å²) in [5.41, 5.74) is 5.03. The number of urea groups is 1. The van der Waals surface area contributed by atoms with Gasteiger partial charge in [0, 0.05) is 38.3 Å². The van der Waals surface area contributed by atoms with Crippen LogP contribution in [-0.4, -0.2) is 86.0 Å². The molecule has 264 valence electrons. The molecule has 10 nitrogen and oxygen atoms in total. The smallest absolute Gasteiger partial charge is 0.330 e. The molecular formula is C38H50N4O6S. The second-order valence-corrected chi connectivity index (χ2v) is 17.0. The Morgan fingerprint density at radius 1 is 1.10 bits per heavy atom. The fraction of sp³-hybridized carbons (Fsp3) is 0.579. The van der Waals surface area contributed by atoms with E-state index in [-0.39, 0.29) is 29.3 Å². The van der Waals surface area contributed by atoms with Crippen LogP contribution in [0.15, 0.2) is 52.9 Å². The van der Waals surface area contributed by atoms with Crippen molar-refractivity contribution in [1.82, 2.24) is 9.62 Å². The van der Waals surface area contributed by atoms with Gasteiger partial charge in [-0.1, -0.05) is 42.8 Å². The molecule has 2 aliphatic carbocycles. The monoisotopic (exact) mass is 690 g/mol. The van der Waals surface area contributed by atoms with E-state index in [9.17, 15) is 13.8 Å². The Morgan fingerprint density at radius 2 is 1.94 bits per heavy atom. The lowest BCUT2D eigenvalue weighted by atomic mass is 9.68. The number of anilines is 1. The van der Waals surface area contributed by atoms with Crippen LogP contribution >= 0.6 is 0 Å². The zero-order valence-electron chi connectivity index (χ0n) is 29.2. The summed E-state index contributed by atoms with van der Waals surface area (Å²) >= 11 is 0. The maximum absolute atomic E-state index is 14.4. The van der Waals surface area contributed by atoms with Crippen molar-refractivity contribution < 1.29 is 28.0 Å². The van der Waals surface area contributed by atoms with Crippen molar-refractivity contribution in [3.63, 3.8) is 0 Å². The van der Waals surface area contributed by atoms with Gasteiger partial charge in [0.25, 0.3) is 5.91 Å². The number of hydrogen-bond acceptors (Lipinski definition) is 7. The minimum atomic E-state index is -3.45. The van der Waals surface area contributed by atoms with Gasteiger partial charge in [-0.15, -0.1) is 4.36 Å². The average molecular weight is 691 g/mol. The molecule has 5 aliphatic rings. The number of nitrogens with zero attached hydrogens (tertiary/aromatic N) is 3. The molecule has 2 fully saturated rings. The number of likely N-dealkylation sites (tertiary alicyclic amines) is 1. The molecule has 2 aromatic carbocycles. The maximum Gasteiger partial charge on any atom is 0.330 e. The third kappa shape index (κ3) is 6.86. The van der Waals surface area contributed by atoms with Gasteiger partial charge in [-0.2, -0.15) is 0 Å². The first-order valence-electron chi connectivity index (χ1n) is 17.8. The zero-order valence-corrected chi connectivity index (χ0v) is 30.0. The van der Waals surface area contributed by atoms with E-state index < -0.39 is 21.9 Å². The number of ether oxygens (including phenoxy) is 3. The summed E-state index contributed by atoms with van der Waals surface area (Å²) in [6, 6.07) is 11.8. The number of nitrogens with one attached hydrogen (secondary N) is 1. The predicted octanol–water partition coefficient (Wildman–Crippen LogP) is 5.67. The van der Waals surface area contributed by atoms with E-state index in [0.29, 0.717) is 43.5 Å². The van der Waals surface area contributed by atoms with E-state index in [1.165, 1.54) is 21.6 Å². The van der Waals surface area contributed by atoms with Gasteiger partial charge in [0.1, 0.15) is 15.7 Å². The number of carbonyl (C=O) groups is 2. The Bertz CT molecular complexity index is 1750. The van der Waals surface area contributed by atoms with Crippen molar-refractivity contribution in [3.05, 3.63) is 70.8 Å². The fourth-order valence-corrected chi connectivity index (χ4v) is 10.4. The van der Waals surface area contributed by atoms with E-state index >= 15 is 0 Å². The molecule has 3 amide bonds. The van der Waals surface area contributed by atoms with Crippen LogP contribution in [0.4, 0.5) is 10.5 Å². The van der Waals surface area contributed by atoms with Gasteiger partial charge < -0.3 is 24.0 Å². The van der Waals surface area contributed by atoms with Crippen molar-refractivity contribution in [2.45, 2.75) is 70.0 Å². The molecule has 1 N–H and O–H groups in total. The van der Waals surface area contributed by atoms with Gasteiger partial charge >= 0.3 is 6.03 Å². The second kappa shape index (κ2) is 13.7. The van der Waals surface area contributed by atoms with Gasteiger partial charge in [-0.05, 0) is 92.5 Å². The van der Waals surface area contributed by atoms with Gasteiger partial charge in [-0.25, -0.2) is 9.00 Å². The molecule has 3 aliphatic heterocycles. The number of fused-ring (bicyclic) bond motifs is 4. The third-order valence-corrected chi connectivity index (χ3v) is 13.4. The number of aryl methyl sites for hydroxylation is 2. The van der Waals surface area contributed by atoms with Crippen LogP contribution in [-0.2, 0) is 31.2 Å². The molecule has 7 rings (SSSR count). The highest BCUT2D eigenvalue weighted by Gasteiger charge is 2.44. The molecule has 6 atom stereocenters. The van der Waals surface area contributed by atoms with Crippen molar-refractivity contribution in [1.29, 1.82) is 0 Å². The van der Waals surface area contributed by atoms with Crippen LogP contribution in [0, 0.1) is 24.7 Å². The normalized spacial score (nSPS) is 32.4. The first-order valence-corrected chi connectivity index (χ1v) is 19.5. The third-order valence-electron chi connectivity index (χ3n) is 11.4. The molecule has 1 saturated heterocycles. The molecule has 2 bridgehead atoms. The average Bonchev–Trinajstić information content (AvgIpc) is 3.18. The summed E-state index contributed by atoms with van der Waals surface area (Å²) in [5, 5.41) is 0. The number of benzene rings is 2. The lowest BCUT2D eigenvalue weighted by Crippen LogP contribution is -2.58. The predicted molar refractivity (Wildman–Crippen MR) is 191 cm³/mol. The van der Waals surface area contributed by atoms with Crippen molar-refractivity contribution in [2.24, 2.45) is 22.1 Å². The number of allylic oxidation sites excluding steroid dienone is 1. The number of carbonyl (C=O) groups excluding carboxylic acids is 2. The van der Waals surface area contributed by atoms with Crippen LogP contribution in [0.5, 0.6) is 5.75 Å². The summed E-state index contributed by atoms with van der Waals surface area (Å²) in [4.78, 5) is 31.0. The molecule has 1 saturated carbocycles. The molecule has 1 unspecified atom stereocenters. The van der Waals surface area contributed by atoms with Crippen molar-refractivity contribution >= 4 is 27.5 Å². The molecule has 0 aromatic heterocycles. The Labute approximate surface area is 290 Å². The Hall–Kier alpha value is -3.41. The number of amides is 3. The van der Waals surface area contributed by atoms with E-state index in [2.05, 4.69) is 51.3 Å². The van der Waals surface area contributed by atoms with Crippen molar-refractivity contribution in [3.8, 4) is 5.75 Å². The van der Waals surface area contributed by atoms with Crippen LogP contribution in [0.3, 0.4) is 0 Å². The molecule has 3 heterocycles. The summed E-state index contributed by atoms with van der Waals surface area (Å²) in [6.07, 6.45) is 10.2. The maximum atomic E-state index is 14.4. The number of methoxy groups -OCH3 is 2. The van der Waals surface area contributed by atoms with Gasteiger partial charge in [0.15, 0.2) is 0 Å². The van der Waals surface area contributed by atoms with Crippen LogP contribution in [0.2, 0.25) is 0 Å². The topological polar surface area (TPSA) is 110 Å². The largest absolute Gasteiger partial charge is 0.490 e. The lowest BCUT2D eigenvalue weighted by Gasteiger charge is -2.46. The molecule has 11 heteroatoms. The summed E-state index contributed by atoms with van der Waals surface area (Å²) in [7, 11) is -0.0732. The molecule has 49 heavy (non-hydrogen) atoms. The van der Waals surface area contributed by atoms with Crippen LogP contribution in [0.1, 0.15) is 66.1 Å². The highest BCUT2D eigenvalue weighted by atomic mass is 32.2. The fourth-order valence-electron chi connectivity index (χ4n) is 8.48. The second-order valence-electron chi connectivity index (χ2n) is 15.0. The van der Waals surface area contributed by atoms with Gasteiger partial charge in [-0.3, -0.25) is 9.52 Å². The zero-order chi connectivity index (χ0) is 34.3. The molecule has 0 radical (unpaired) electrons. The summed E-state index contributed by atoms with van der Waals surface area (Å²) < 4.78 is 39.4.